The molecular weight excluding hydrogens is 457 g/mol. The summed E-state index contributed by atoms with van der Waals surface area (Å²) in [5, 5.41) is 19.6. The number of hydrogen-bond donors (Lipinski definition) is 2. The van der Waals surface area contributed by atoms with Crippen molar-refractivity contribution in [2.24, 2.45) is 4.99 Å². The minimum atomic E-state index is -4.68. The van der Waals surface area contributed by atoms with Gasteiger partial charge in [-0.05, 0) is 48.3 Å². The number of methoxy groups -OCH3 is 1. The van der Waals surface area contributed by atoms with E-state index in [-0.39, 0.29) is 35.9 Å². The lowest BCUT2D eigenvalue weighted by Crippen LogP contribution is -2.08. The third-order valence-electron chi connectivity index (χ3n) is 5.00. The van der Waals surface area contributed by atoms with Crippen LogP contribution in [0.5, 0.6) is 5.75 Å². The molecule has 0 unspecified atom stereocenters. The van der Waals surface area contributed by atoms with Gasteiger partial charge in [0.2, 0.25) is 5.89 Å². The Balaban J connectivity index is 2.14. The fourth-order valence-corrected chi connectivity index (χ4v) is 3.33. The fourth-order valence-electron chi connectivity index (χ4n) is 3.33. The minimum absolute atomic E-state index is 0.182. The number of hydrogen-bond acceptors (Lipinski definition) is 7. The molecular formula is C23H23F3N2O6. The summed E-state index contributed by atoms with van der Waals surface area (Å²) in [7, 11) is 1.54. The van der Waals surface area contributed by atoms with Gasteiger partial charge >= 0.3 is 12.1 Å². The summed E-state index contributed by atoms with van der Waals surface area (Å²) in [5.74, 6) is -1.86. The molecule has 3 rings (SSSR count). The van der Waals surface area contributed by atoms with Gasteiger partial charge in [0.25, 0.3) is 0 Å². The molecule has 0 atom stereocenters. The Kier molecular flexibility index (Phi) is 7.77. The van der Waals surface area contributed by atoms with Gasteiger partial charge in [0.15, 0.2) is 5.69 Å². The predicted octanol–water partition coefficient (Wildman–Crippen LogP) is 4.70. The summed E-state index contributed by atoms with van der Waals surface area (Å²) in [6.07, 6.45) is -0.863. The van der Waals surface area contributed by atoms with Crippen LogP contribution in [0.25, 0.3) is 17.0 Å². The van der Waals surface area contributed by atoms with Crippen molar-refractivity contribution in [2.45, 2.75) is 25.9 Å². The van der Waals surface area contributed by atoms with Gasteiger partial charge < -0.3 is 24.1 Å². The maximum Gasteiger partial charge on any atom is 0.436 e. The zero-order chi connectivity index (χ0) is 24.9. The van der Waals surface area contributed by atoms with E-state index in [4.69, 9.17) is 13.9 Å². The first-order valence-electron chi connectivity index (χ1n) is 10.3. The van der Waals surface area contributed by atoms with Crippen LogP contribution in [0.4, 0.5) is 13.2 Å². The van der Waals surface area contributed by atoms with E-state index in [2.05, 4.69) is 9.98 Å². The van der Waals surface area contributed by atoms with Crippen LogP contribution in [0.15, 0.2) is 45.2 Å². The summed E-state index contributed by atoms with van der Waals surface area (Å²) >= 11 is 0. The van der Waals surface area contributed by atoms with Crippen molar-refractivity contribution in [2.75, 3.05) is 26.9 Å². The Morgan fingerprint density at radius 1 is 1.24 bits per heavy atom. The van der Waals surface area contributed by atoms with Crippen LogP contribution in [0.3, 0.4) is 0 Å². The summed E-state index contributed by atoms with van der Waals surface area (Å²) in [5.41, 5.74) is 0.410. The second-order valence-corrected chi connectivity index (χ2v) is 7.45. The first kappa shape index (κ1) is 25.0. The lowest BCUT2D eigenvalue weighted by Gasteiger charge is -2.17. The lowest BCUT2D eigenvalue weighted by molar-refractivity contribution is -0.141. The van der Waals surface area contributed by atoms with Crippen LogP contribution in [0, 0.1) is 0 Å². The second-order valence-electron chi connectivity index (χ2n) is 7.45. The van der Waals surface area contributed by atoms with Crippen molar-refractivity contribution in [3.63, 3.8) is 0 Å². The van der Waals surface area contributed by atoms with Crippen LogP contribution in [0.1, 0.15) is 30.2 Å². The summed E-state index contributed by atoms with van der Waals surface area (Å²) < 4.78 is 55.3. The number of oxazole rings is 1. The van der Waals surface area contributed by atoms with Crippen LogP contribution >= 0.6 is 0 Å². The molecule has 0 aliphatic carbocycles. The minimum Gasteiger partial charge on any atom is -0.507 e. The SMILES string of the molecule is COCCCOc1cc2c(cc1-c1nc(C(F)(F)F)co1)/C(C)=C/C(O)=C(C(=O)O)C=NCC2. The van der Waals surface area contributed by atoms with Gasteiger partial charge in [-0.3, -0.25) is 4.99 Å². The summed E-state index contributed by atoms with van der Waals surface area (Å²) in [4.78, 5) is 19.1. The molecule has 0 bridgehead atoms. The van der Waals surface area contributed by atoms with Gasteiger partial charge in [0, 0.05) is 32.9 Å². The molecule has 2 aromatic rings. The van der Waals surface area contributed by atoms with E-state index in [1.165, 1.54) is 6.08 Å². The molecule has 1 aromatic heterocycles. The van der Waals surface area contributed by atoms with E-state index in [0.29, 0.717) is 36.8 Å². The maximum absolute atomic E-state index is 13.1. The molecule has 34 heavy (non-hydrogen) atoms. The average Bonchev–Trinajstić information content (AvgIpc) is 3.26. The number of carboxylic acids is 1. The van der Waals surface area contributed by atoms with Gasteiger partial charge in [-0.2, -0.15) is 13.2 Å². The van der Waals surface area contributed by atoms with Crippen molar-refractivity contribution >= 4 is 17.8 Å². The largest absolute Gasteiger partial charge is 0.507 e. The molecule has 2 N–H and O–H groups in total. The standard InChI is InChI=1S/C23H23F3N2O6/c1-13-8-18(29)17(22(30)31)11-27-5-4-14-9-19(33-7-3-6-32-2)16(10-15(13)14)21-28-20(12-34-21)23(24,25)26/h8-12,29H,3-7H2,1-2H3,(H,30,31)/b13-8+,18-17?,27-11?. The third-order valence-corrected chi connectivity index (χ3v) is 5.00. The number of ether oxygens (including phenoxy) is 2. The number of alkyl halides is 3. The maximum atomic E-state index is 13.1. The molecule has 0 amide bonds. The molecule has 0 saturated heterocycles. The molecule has 8 nitrogen and oxygen atoms in total. The first-order chi connectivity index (χ1) is 16.1. The Bertz CT molecular complexity index is 1150. The molecule has 0 radical (unpaired) electrons. The quantitative estimate of drug-likeness (QED) is 0.552. The molecule has 1 aromatic carbocycles. The summed E-state index contributed by atoms with van der Waals surface area (Å²) in [6, 6.07) is 3.22. The Labute approximate surface area is 193 Å². The highest BCUT2D eigenvalue weighted by Crippen LogP contribution is 2.38. The van der Waals surface area contributed by atoms with E-state index in [1.807, 2.05) is 0 Å². The van der Waals surface area contributed by atoms with Crippen molar-refractivity contribution in [1.82, 2.24) is 4.98 Å². The zero-order valence-electron chi connectivity index (χ0n) is 18.5. The van der Waals surface area contributed by atoms with Crippen molar-refractivity contribution in [3.8, 4) is 17.2 Å². The molecule has 11 heteroatoms. The van der Waals surface area contributed by atoms with Crippen LogP contribution in [-0.2, 0) is 22.1 Å². The number of aliphatic carboxylic acids is 1. The van der Waals surface area contributed by atoms with E-state index in [9.17, 15) is 28.2 Å². The van der Waals surface area contributed by atoms with Gasteiger partial charge in [0.1, 0.15) is 23.3 Å². The molecule has 0 spiro atoms. The highest BCUT2D eigenvalue weighted by Gasteiger charge is 2.35. The third kappa shape index (κ3) is 5.84. The van der Waals surface area contributed by atoms with Gasteiger partial charge in [-0.25, -0.2) is 9.78 Å². The Hall–Kier alpha value is -3.60. The number of carboxylic acid groups (broad SMARTS) is 1. The number of aromatic nitrogens is 1. The molecule has 1 aliphatic heterocycles. The number of aliphatic hydroxyl groups is 1. The van der Waals surface area contributed by atoms with E-state index >= 15 is 0 Å². The average molecular weight is 480 g/mol. The number of benzene rings is 1. The van der Waals surface area contributed by atoms with Crippen molar-refractivity contribution < 1.29 is 42.1 Å². The smallest absolute Gasteiger partial charge is 0.436 e. The highest BCUT2D eigenvalue weighted by molar-refractivity contribution is 6.09. The monoisotopic (exact) mass is 480 g/mol. The van der Waals surface area contributed by atoms with Gasteiger partial charge in [-0.1, -0.05) is 0 Å². The topological polar surface area (TPSA) is 114 Å². The second kappa shape index (κ2) is 10.6. The van der Waals surface area contributed by atoms with E-state index in [1.54, 1.807) is 26.2 Å². The fraction of sp³-hybridized carbons (Fsp3) is 0.348. The first-order valence-corrected chi connectivity index (χ1v) is 10.3. The number of halogens is 3. The summed E-state index contributed by atoms with van der Waals surface area (Å²) in [6.45, 7) is 2.54. The predicted molar refractivity (Wildman–Crippen MR) is 117 cm³/mol. The zero-order valence-corrected chi connectivity index (χ0v) is 18.5. The molecule has 0 saturated carbocycles. The lowest BCUT2D eigenvalue weighted by atomic mass is 9.94. The Morgan fingerprint density at radius 2 is 2.00 bits per heavy atom. The normalized spacial score (nSPS) is 16.1. The number of rotatable bonds is 7. The molecule has 1 aliphatic rings. The van der Waals surface area contributed by atoms with Crippen LogP contribution in [0.2, 0.25) is 0 Å². The number of fused-ring (bicyclic) bond motifs is 1. The molecule has 182 valence electrons. The number of aliphatic hydroxyl groups excluding tert-OH is 1. The van der Waals surface area contributed by atoms with Crippen molar-refractivity contribution in [3.05, 3.63) is 52.6 Å². The molecule has 2 heterocycles. The Morgan fingerprint density at radius 3 is 2.65 bits per heavy atom. The van der Waals surface area contributed by atoms with Gasteiger partial charge in [-0.15, -0.1) is 0 Å². The van der Waals surface area contributed by atoms with Crippen molar-refractivity contribution in [1.29, 1.82) is 0 Å². The number of aliphatic imine (C=N–C) groups is 1. The number of carbonyl (C=O) groups is 1. The van der Waals surface area contributed by atoms with Crippen LogP contribution < -0.4 is 4.74 Å². The van der Waals surface area contributed by atoms with Gasteiger partial charge in [0.05, 0.1) is 12.2 Å². The molecule has 0 fully saturated rings. The highest BCUT2D eigenvalue weighted by atomic mass is 19.4. The van der Waals surface area contributed by atoms with Crippen LogP contribution in [-0.4, -0.2) is 54.2 Å². The number of nitrogens with zero attached hydrogens (tertiary/aromatic N) is 2. The van der Waals surface area contributed by atoms with E-state index in [0.717, 1.165) is 11.8 Å². The van der Waals surface area contributed by atoms with E-state index < -0.39 is 23.6 Å². The number of allylic oxidation sites excluding steroid dienone is 2.